The molecule has 0 saturated carbocycles. The maximum atomic E-state index is 12.2. The number of ether oxygens (including phenoxy) is 1. The molecule has 2 amide bonds. The summed E-state index contributed by atoms with van der Waals surface area (Å²) in [5, 5.41) is 5.51. The molecule has 1 heterocycles. The van der Waals surface area contributed by atoms with E-state index in [0.717, 1.165) is 5.69 Å². The fraction of sp³-hybridized carbons (Fsp3) is 0.647. The van der Waals surface area contributed by atoms with Gasteiger partial charge in [0.2, 0.25) is 5.91 Å². The van der Waals surface area contributed by atoms with Crippen molar-refractivity contribution in [1.29, 1.82) is 0 Å². The number of nitrogens with one attached hydrogen (secondary N) is 2. The number of nitrogens with zero attached hydrogens (tertiary/aromatic N) is 1. The van der Waals surface area contributed by atoms with E-state index in [1.807, 2.05) is 13.8 Å². The number of aromatic nitrogens is 1. The minimum atomic E-state index is -0.789. The number of fused-ring (bicyclic) bond motifs is 1. The van der Waals surface area contributed by atoms with Crippen molar-refractivity contribution in [2.75, 3.05) is 5.32 Å². The number of thiazole rings is 1. The Kier molecular flexibility index (Phi) is 5.22. The molecule has 1 aliphatic rings. The number of ketones is 1. The van der Waals surface area contributed by atoms with Crippen molar-refractivity contribution in [1.82, 2.24) is 10.3 Å². The molecule has 2 N–H and O–H groups in total. The lowest BCUT2D eigenvalue weighted by atomic mass is 9.78. The topological polar surface area (TPSA) is 97.4 Å². The molecular formula is C17H25N3O4S. The molecule has 1 aromatic heterocycles. The van der Waals surface area contributed by atoms with E-state index < -0.39 is 23.6 Å². The van der Waals surface area contributed by atoms with Crippen LogP contribution in [0.4, 0.5) is 9.93 Å². The van der Waals surface area contributed by atoms with Gasteiger partial charge in [-0.3, -0.25) is 9.59 Å². The van der Waals surface area contributed by atoms with Gasteiger partial charge in [0.15, 0.2) is 10.9 Å². The number of anilines is 1. The van der Waals surface area contributed by atoms with Crippen LogP contribution >= 0.6 is 11.3 Å². The van der Waals surface area contributed by atoms with Crippen molar-refractivity contribution in [3.05, 3.63) is 10.6 Å². The Labute approximate surface area is 151 Å². The molecule has 0 aliphatic heterocycles. The molecule has 0 spiro atoms. The van der Waals surface area contributed by atoms with Crippen molar-refractivity contribution in [3.63, 3.8) is 0 Å². The number of hydrogen-bond donors (Lipinski definition) is 2. The zero-order chi connectivity index (χ0) is 19.0. The van der Waals surface area contributed by atoms with Crippen LogP contribution in [0.3, 0.4) is 0 Å². The first-order valence-corrected chi connectivity index (χ1v) is 9.01. The van der Waals surface area contributed by atoms with E-state index in [1.165, 1.54) is 11.3 Å². The van der Waals surface area contributed by atoms with Crippen LogP contribution < -0.4 is 10.6 Å². The molecular weight excluding hydrogens is 342 g/mol. The Morgan fingerprint density at radius 2 is 1.92 bits per heavy atom. The lowest BCUT2D eigenvalue weighted by Gasteiger charge is -2.26. The van der Waals surface area contributed by atoms with Crippen LogP contribution in [-0.2, 0) is 16.0 Å². The predicted molar refractivity (Wildman–Crippen MR) is 96.0 cm³/mol. The minimum absolute atomic E-state index is 0.0594. The zero-order valence-corrected chi connectivity index (χ0v) is 16.3. The van der Waals surface area contributed by atoms with E-state index in [4.69, 9.17) is 4.74 Å². The van der Waals surface area contributed by atoms with Crippen molar-refractivity contribution < 1.29 is 19.1 Å². The number of rotatable bonds is 3. The summed E-state index contributed by atoms with van der Waals surface area (Å²) in [4.78, 5) is 41.2. The van der Waals surface area contributed by atoms with Gasteiger partial charge in [-0.1, -0.05) is 25.2 Å². The van der Waals surface area contributed by atoms with Crippen LogP contribution in [0.1, 0.15) is 63.3 Å². The Bertz CT molecular complexity index is 703. The number of carbonyl (C=O) groups excluding carboxylic acids is 3. The number of Topliss-reactive ketones (excluding diaryl/α,β-unsaturated/α-hetero) is 1. The van der Waals surface area contributed by atoms with Gasteiger partial charge in [-0.05, 0) is 39.5 Å². The summed E-state index contributed by atoms with van der Waals surface area (Å²) < 4.78 is 5.12. The third-order valence-electron chi connectivity index (χ3n) is 3.59. The molecule has 138 valence electrons. The van der Waals surface area contributed by atoms with Gasteiger partial charge in [0.25, 0.3) is 0 Å². The SMILES string of the molecule is CC(NC(=O)OC(C)(C)C)C(=O)Nc1nc2c(s1)C(=O)CC(C)(C)C2. The highest BCUT2D eigenvalue weighted by Gasteiger charge is 2.34. The van der Waals surface area contributed by atoms with Gasteiger partial charge in [0.05, 0.1) is 10.6 Å². The fourth-order valence-electron chi connectivity index (χ4n) is 2.54. The number of hydrogen-bond acceptors (Lipinski definition) is 6. The largest absolute Gasteiger partial charge is 0.444 e. The Balaban J connectivity index is 2.00. The molecule has 25 heavy (non-hydrogen) atoms. The van der Waals surface area contributed by atoms with E-state index in [-0.39, 0.29) is 11.2 Å². The van der Waals surface area contributed by atoms with Gasteiger partial charge >= 0.3 is 6.09 Å². The van der Waals surface area contributed by atoms with Crippen LogP contribution in [0.15, 0.2) is 0 Å². The summed E-state index contributed by atoms with van der Waals surface area (Å²) in [5.41, 5.74) is -0.0263. The second kappa shape index (κ2) is 6.74. The summed E-state index contributed by atoms with van der Waals surface area (Å²) >= 11 is 1.18. The summed E-state index contributed by atoms with van der Waals surface area (Å²) in [5.74, 6) is -0.354. The van der Waals surface area contributed by atoms with Crippen LogP contribution in [0.25, 0.3) is 0 Å². The third kappa shape index (κ3) is 5.26. The molecule has 0 aromatic carbocycles. The smallest absolute Gasteiger partial charge is 0.408 e. The number of carbonyl (C=O) groups is 3. The summed E-state index contributed by atoms with van der Waals surface area (Å²) in [6.07, 6.45) is 0.517. The molecule has 1 aliphatic carbocycles. The second-order valence-corrected chi connectivity index (χ2v) is 9.09. The van der Waals surface area contributed by atoms with Gasteiger partial charge in [0.1, 0.15) is 11.6 Å². The lowest BCUT2D eigenvalue weighted by molar-refractivity contribution is -0.117. The van der Waals surface area contributed by atoms with Crippen LogP contribution in [0.5, 0.6) is 0 Å². The van der Waals surface area contributed by atoms with E-state index >= 15 is 0 Å². The maximum Gasteiger partial charge on any atom is 0.408 e. The van der Waals surface area contributed by atoms with Gasteiger partial charge in [-0.25, -0.2) is 9.78 Å². The summed E-state index contributed by atoms with van der Waals surface area (Å²) in [6, 6.07) is -0.789. The van der Waals surface area contributed by atoms with Crippen LogP contribution in [0, 0.1) is 5.41 Å². The molecule has 7 nitrogen and oxygen atoms in total. The highest BCUT2D eigenvalue weighted by Crippen LogP contribution is 2.38. The highest BCUT2D eigenvalue weighted by atomic mass is 32.1. The Morgan fingerprint density at radius 3 is 2.52 bits per heavy atom. The number of alkyl carbamates (subject to hydrolysis) is 1. The van der Waals surface area contributed by atoms with Crippen molar-refractivity contribution in [2.24, 2.45) is 5.41 Å². The molecule has 1 unspecified atom stereocenters. The van der Waals surface area contributed by atoms with E-state index in [1.54, 1.807) is 27.7 Å². The molecule has 0 fully saturated rings. The predicted octanol–water partition coefficient (Wildman–Crippen LogP) is 3.15. The molecule has 0 bridgehead atoms. The molecule has 2 rings (SSSR count). The highest BCUT2D eigenvalue weighted by molar-refractivity contribution is 7.17. The first-order valence-electron chi connectivity index (χ1n) is 8.19. The average Bonchev–Trinajstić information content (AvgIpc) is 2.77. The van der Waals surface area contributed by atoms with E-state index in [9.17, 15) is 14.4 Å². The van der Waals surface area contributed by atoms with Gasteiger partial charge in [-0.15, -0.1) is 0 Å². The first-order chi connectivity index (χ1) is 11.4. The molecule has 8 heteroatoms. The van der Waals surface area contributed by atoms with Gasteiger partial charge in [-0.2, -0.15) is 0 Å². The molecule has 0 radical (unpaired) electrons. The maximum absolute atomic E-state index is 12.2. The molecule has 1 aromatic rings. The monoisotopic (exact) mass is 367 g/mol. The first kappa shape index (κ1) is 19.4. The summed E-state index contributed by atoms with van der Waals surface area (Å²) in [7, 11) is 0. The minimum Gasteiger partial charge on any atom is -0.444 e. The van der Waals surface area contributed by atoms with Crippen molar-refractivity contribution in [3.8, 4) is 0 Å². The second-order valence-electron chi connectivity index (χ2n) is 8.09. The number of amides is 2. The fourth-order valence-corrected chi connectivity index (χ4v) is 3.46. The van der Waals surface area contributed by atoms with Gasteiger partial charge < -0.3 is 15.4 Å². The van der Waals surface area contributed by atoms with Gasteiger partial charge in [0, 0.05) is 6.42 Å². The third-order valence-corrected chi connectivity index (χ3v) is 4.65. The molecule has 1 atom stereocenters. The van der Waals surface area contributed by atoms with Crippen molar-refractivity contribution in [2.45, 2.75) is 66.0 Å². The van der Waals surface area contributed by atoms with Crippen LogP contribution in [0.2, 0.25) is 0 Å². The Morgan fingerprint density at radius 1 is 1.28 bits per heavy atom. The average molecular weight is 367 g/mol. The summed E-state index contributed by atoms with van der Waals surface area (Å²) in [6.45, 7) is 10.8. The van der Waals surface area contributed by atoms with E-state index in [0.29, 0.717) is 22.9 Å². The molecule has 0 saturated heterocycles. The van der Waals surface area contributed by atoms with Crippen molar-refractivity contribution >= 4 is 34.3 Å². The lowest BCUT2D eigenvalue weighted by Crippen LogP contribution is -2.43. The quantitative estimate of drug-likeness (QED) is 0.855. The standard InChI is InChI=1S/C17H25N3O4S/c1-9(18-15(23)24-16(2,3)4)13(22)20-14-19-10-7-17(5,6)8-11(21)12(10)25-14/h9H,7-8H2,1-6H3,(H,18,23)(H,19,20,22). The van der Waals surface area contributed by atoms with Crippen LogP contribution in [-0.4, -0.2) is 34.4 Å². The van der Waals surface area contributed by atoms with E-state index in [2.05, 4.69) is 15.6 Å². The Hall–Kier alpha value is -1.96. The zero-order valence-electron chi connectivity index (χ0n) is 15.5. The normalized spacial score (nSPS) is 17.4.